The van der Waals surface area contributed by atoms with Gasteiger partial charge in [0.25, 0.3) is 11.8 Å². The molecule has 2 amide bonds. The summed E-state index contributed by atoms with van der Waals surface area (Å²) in [4.78, 5) is 29.8. The minimum atomic E-state index is -0.168. The number of ether oxygens (including phenoxy) is 1. The lowest BCUT2D eigenvalue weighted by Crippen LogP contribution is -3.18. The first kappa shape index (κ1) is 19.9. The van der Waals surface area contributed by atoms with Gasteiger partial charge in [-0.3, -0.25) is 9.59 Å². The van der Waals surface area contributed by atoms with Crippen LogP contribution in [0.25, 0.3) is 0 Å². The number of quaternary nitrogens is 1. The van der Waals surface area contributed by atoms with E-state index in [9.17, 15) is 9.59 Å². The molecule has 152 valence electrons. The summed E-state index contributed by atoms with van der Waals surface area (Å²) < 4.78 is 5.41. The summed E-state index contributed by atoms with van der Waals surface area (Å²) in [5, 5.41) is 2.85. The summed E-state index contributed by atoms with van der Waals surface area (Å²) >= 11 is 1.58. The van der Waals surface area contributed by atoms with Crippen molar-refractivity contribution in [2.24, 2.45) is 0 Å². The highest BCUT2D eigenvalue weighted by Gasteiger charge is 2.36. The van der Waals surface area contributed by atoms with Crippen LogP contribution in [0, 0.1) is 0 Å². The van der Waals surface area contributed by atoms with Crippen molar-refractivity contribution >= 4 is 29.3 Å². The smallest absolute Gasteiger partial charge is 0.294 e. The Morgan fingerprint density at radius 1 is 1.21 bits per heavy atom. The van der Waals surface area contributed by atoms with Gasteiger partial charge in [0, 0.05) is 23.5 Å². The van der Waals surface area contributed by atoms with E-state index in [0.717, 1.165) is 29.2 Å². The Morgan fingerprint density at radius 2 is 1.97 bits per heavy atom. The Bertz CT molecular complexity index is 884. The first-order valence-corrected chi connectivity index (χ1v) is 10.9. The standard InChI is InChI=1S/C22H25N3O3S/c1-2-24(15-16-6-4-3-5-7-16)21(27)17-8-9-19-18(14-17)23-20(26)22(29-19)25-10-12-28-13-11-25/h3-9,14,22H,2,10-13,15H2,1H3,(H,23,26)/p+1. The molecule has 0 spiro atoms. The molecule has 2 N–H and O–H groups in total. The molecule has 0 aromatic heterocycles. The molecule has 0 radical (unpaired) electrons. The van der Waals surface area contributed by atoms with Crippen molar-refractivity contribution in [2.45, 2.75) is 23.7 Å². The van der Waals surface area contributed by atoms with Crippen molar-refractivity contribution < 1.29 is 19.2 Å². The Kier molecular flexibility index (Phi) is 6.18. The fourth-order valence-electron chi connectivity index (χ4n) is 3.72. The maximum atomic E-state index is 13.0. The normalized spacial score (nSPS) is 19.3. The second-order valence-electron chi connectivity index (χ2n) is 7.27. The van der Waals surface area contributed by atoms with Crippen LogP contribution in [0.5, 0.6) is 0 Å². The number of amides is 2. The molecular weight excluding hydrogens is 386 g/mol. The van der Waals surface area contributed by atoms with Gasteiger partial charge in [0.15, 0.2) is 0 Å². The van der Waals surface area contributed by atoms with E-state index in [0.29, 0.717) is 31.9 Å². The molecule has 7 heteroatoms. The van der Waals surface area contributed by atoms with Crippen LogP contribution in [0.1, 0.15) is 22.8 Å². The van der Waals surface area contributed by atoms with E-state index in [1.807, 2.05) is 54.3 Å². The van der Waals surface area contributed by atoms with Gasteiger partial charge in [-0.05, 0) is 30.7 Å². The number of thioether (sulfide) groups is 1. The summed E-state index contributed by atoms with van der Waals surface area (Å²) in [5.41, 5.74) is 2.42. The van der Waals surface area contributed by atoms with Crippen LogP contribution < -0.4 is 10.2 Å². The first-order valence-electron chi connectivity index (χ1n) is 10.0. The Balaban J connectivity index is 1.50. The number of hydrogen-bond donors (Lipinski definition) is 2. The number of morpholine rings is 1. The highest BCUT2D eigenvalue weighted by Crippen LogP contribution is 2.34. The van der Waals surface area contributed by atoms with Crippen molar-refractivity contribution in [1.82, 2.24) is 4.90 Å². The second-order valence-corrected chi connectivity index (χ2v) is 8.42. The van der Waals surface area contributed by atoms with Crippen molar-refractivity contribution in [3.8, 4) is 0 Å². The van der Waals surface area contributed by atoms with Gasteiger partial charge in [0.05, 0.1) is 18.9 Å². The third-order valence-corrected chi connectivity index (χ3v) is 6.75. The largest absolute Gasteiger partial charge is 0.370 e. The predicted octanol–water partition coefficient (Wildman–Crippen LogP) is 1.63. The summed E-state index contributed by atoms with van der Waals surface area (Å²) in [6.07, 6.45) is 0. The zero-order valence-electron chi connectivity index (χ0n) is 16.5. The lowest BCUT2D eigenvalue weighted by atomic mass is 10.1. The molecule has 0 aliphatic carbocycles. The van der Waals surface area contributed by atoms with E-state index in [1.54, 1.807) is 17.8 Å². The van der Waals surface area contributed by atoms with Crippen LogP contribution >= 0.6 is 11.8 Å². The van der Waals surface area contributed by atoms with E-state index < -0.39 is 0 Å². The number of carbonyl (C=O) groups is 2. The predicted molar refractivity (Wildman–Crippen MR) is 113 cm³/mol. The number of rotatable bonds is 5. The molecule has 0 saturated carbocycles. The molecule has 1 fully saturated rings. The number of nitrogens with zero attached hydrogens (tertiary/aromatic N) is 1. The minimum absolute atomic E-state index is 0.000585. The third kappa shape index (κ3) is 4.47. The molecule has 6 nitrogen and oxygen atoms in total. The van der Waals surface area contributed by atoms with Crippen molar-refractivity contribution in [3.05, 3.63) is 59.7 Å². The number of carbonyl (C=O) groups excluding carboxylic acids is 2. The highest BCUT2D eigenvalue weighted by atomic mass is 32.2. The van der Waals surface area contributed by atoms with Gasteiger partial charge in [-0.25, -0.2) is 0 Å². The molecule has 4 rings (SSSR count). The Labute approximate surface area is 175 Å². The van der Waals surface area contributed by atoms with Crippen LogP contribution in [0.3, 0.4) is 0 Å². The van der Waals surface area contributed by atoms with Gasteiger partial charge in [-0.1, -0.05) is 42.1 Å². The van der Waals surface area contributed by atoms with Crippen LogP contribution in [0.15, 0.2) is 53.4 Å². The summed E-state index contributed by atoms with van der Waals surface area (Å²) in [5.74, 6) is -0.0278. The monoisotopic (exact) mass is 412 g/mol. The Morgan fingerprint density at radius 3 is 2.69 bits per heavy atom. The van der Waals surface area contributed by atoms with Crippen LogP contribution in [-0.4, -0.2) is 54.9 Å². The van der Waals surface area contributed by atoms with E-state index in [-0.39, 0.29) is 17.2 Å². The molecule has 2 aliphatic heterocycles. The number of nitrogens with one attached hydrogen (secondary N) is 2. The molecule has 0 bridgehead atoms. The fourth-order valence-corrected chi connectivity index (χ4v) is 4.93. The van der Waals surface area contributed by atoms with E-state index in [4.69, 9.17) is 4.74 Å². The Hall–Kier alpha value is -2.35. The third-order valence-electron chi connectivity index (χ3n) is 5.36. The molecular formula is C22H26N3O3S+. The summed E-state index contributed by atoms with van der Waals surface area (Å²) in [6.45, 7) is 6.21. The van der Waals surface area contributed by atoms with Gasteiger partial charge in [0.1, 0.15) is 13.1 Å². The van der Waals surface area contributed by atoms with E-state index >= 15 is 0 Å². The number of hydrogen-bond acceptors (Lipinski definition) is 4. The van der Waals surface area contributed by atoms with Gasteiger partial charge in [-0.2, -0.15) is 0 Å². The minimum Gasteiger partial charge on any atom is -0.370 e. The number of fused-ring (bicyclic) bond motifs is 1. The fraction of sp³-hybridized carbons (Fsp3) is 0.364. The maximum absolute atomic E-state index is 13.0. The topological polar surface area (TPSA) is 63.1 Å². The molecule has 2 heterocycles. The average Bonchev–Trinajstić information content (AvgIpc) is 2.77. The van der Waals surface area contributed by atoms with Crippen LogP contribution in [0.2, 0.25) is 0 Å². The quantitative estimate of drug-likeness (QED) is 0.784. The highest BCUT2D eigenvalue weighted by molar-refractivity contribution is 8.00. The maximum Gasteiger partial charge on any atom is 0.294 e. The van der Waals surface area contributed by atoms with E-state index in [1.165, 1.54) is 4.90 Å². The van der Waals surface area contributed by atoms with Gasteiger partial charge < -0.3 is 19.9 Å². The number of benzene rings is 2. The van der Waals surface area contributed by atoms with Crippen LogP contribution in [0.4, 0.5) is 5.69 Å². The SMILES string of the molecule is CCN(Cc1ccccc1)C(=O)c1ccc2c(c1)NC(=O)C([NH+]1CCOCC1)S2. The van der Waals surface area contributed by atoms with E-state index in [2.05, 4.69) is 5.32 Å². The first-order chi connectivity index (χ1) is 14.2. The number of anilines is 1. The zero-order valence-corrected chi connectivity index (χ0v) is 17.3. The van der Waals surface area contributed by atoms with Gasteiger partial charge in [0.2, 0.25) is 5.37 Å². The molecule has 29 heavy (non-hydrogen) atoms. The molecule has 2 aliphatic rings. The lowest BCUT2D eigenvalue weighted by molar-refractivity contribution is -0.909. The molecule has 2 aromatic rings. The summed E-state index contributed by atoms with van der Waals surface area (Å²) in [7, 11) is 0. The van der Waals surface area contributed by atoms with Gasteiger partial charge >= 0.3 is 0 Å². The molecule has 1 saturated heterocycles. The van der Waals surface area contributed by atoms with Crippen molar-refractivity contribution in [2.75, 3.05) is 38.2 Å². The van der Waals surface area contributed by atoms with Crippen molar-refractivity contribution in [3.63, 3.8) is 0 Å². The van der Waals surface area contributed by atoms with Crippen LogP contribution in [-0.2, 0) is 16.1 Å². The molecule has 2 aromatic carbocycles. The molecule has 1 atom stereocenters. The zero-order chi connectivity index (χ0) is 20.2. The average molecular weight is 413 g/mol. The second kappa shape index (κ2) is 8.98. The lowest BCUT2D eigenvalue weighted by Gasteiger charge is -2.33. The van der Waals surface area contributed by atoms with Crippen molar-refractivity contribution in [1.29, 1.82) is 0 Å². The molecule has 1 unspecified atom stereocenters. The van der Waals surface area contributed by atoms with Gasteiger partial charge in [-0.15, -0.1) is 0 Å². The summed E-state index contributed by atoms with van der Waals surface area (Å²) in [6, 6.07) is 15.6.